The van der Waals surface area contributed by atoms with Gasteiger partial charge in [-0.3, -0.25) is 4.79 Å². The van der Waals surface area contributed by atoms with Crippen LogP contribution in [0.3, 0.4) is 0 Å². The summed E-state index contributed by atoms with van der Waals surface area (Å²) in [7, 11) is 0. The van der Waals surface area contributed by atoms with Crippen molar-refractivity contribution in [1.29, 1.82) is 0 Å². The fourth-order valence-corrected chi connectivity index (χ4v) is 1.75. The van der Waals surface area contributed by atoms with E-state index in [0.29, 0.717) is 5.56 Å². The molecule has 0 aliphatic heterocycles. The summed E-state index contributed by atoms with van der Waals surface area (Å²) in [5.74, 6) is -0.537. The molecule has 2 aromatic carbocycles. The minimum Gasteiger partial charge on any atom is -0.435 e. The van der Waals surface area contributed by atoms with Gasteiger partial charge >= 0.3 is 6.61 Å². The minimum absolute atomic E-state index is 0.0363. The number of aliphatic hydroxyl groups is 1. The Hall–Kier alpha value is -2.27. The summed E-state index contributed by atoms with van der Waals surface area (Å²) >= 11 is 0. The molecule has 0 fully saturated rings. The number of alkyl halides is 2. The van der Waals surface area contributed by atoms with Gasteiger partial charge in [0.05, 0.1) is 0 Å². The van der Waals surface area contributed by atoms with E-state index >= 15 is 0 Å². The molecule has 20 heavy (non-hydrogen) atoms. The lowest BCUT2D eigenvalue weighted by atomic mass is 10.00. The summed E-state index contributed by atoms with van der Waals surface area (Å²) in [6.45, 7) is -2.91. The van der Waals surface area contributed by atoms with Crippen LogP contribution < -0.4 is 4.74 Å². The summed E-state index contributed by atoms with van der Waals surface area (Å²) in [6, 6.07) is 13.7. The van der Waals surface area contributed by atoms with E-state index in [4.69, 9.17) is 0 Å². The molecular formula is C15H12F2O3. The monoisotopic (exact) mass is 278 g/mol. The molecule has 2 rings (SSSR count). The van der Waals surface area contributed by atoms with Crippen molar-refractivity contribution in [3.63, 3.8) is 0 Å². The fourth-order valence-electron chi connectivity index (χ4n) is 1.75. The average Bonchev–Trinajstić information content (AvgIpc) is 2.47. The van der Waals surface area contributed by atoms with Crippen LogP contribution in [-0.4, -0.2) is 17.5 Å². The molecule has 3 nitrogen and oxygen atoms in total. The van der Waals surface area contributed by atoms with Crippen molar-refractivity contribution in [3.05, 3.63) is 65.7 Å². The predicted molar refractivity (Wildman–Crippen MR) is 68.8 cm³/mol. The highest BCUT2D eigenvalue weighted by Crippen LogP contribution is 2.21. The molecule has 0 heterocycles. The molecule has 104 valence electrons. The summed E-state index contributed by atoms with van der Waals surface area (Å²) in [5.41, 5.74) is 0.702. The third-order valence-electron chi connectivity index (χ3n) is 2.73. The Morgan fingerprint density at radius 1 is 1.00 bits per heavy atom. The maximum atomic E-state index is 12.0. The van der Waals surface area contributed by atoms with E-state index in [0.717, 1.165) is 0 Å². The lowest BCUT2D eigenvalue weighted by Gasteiger charge is -2.10. The van der Waals surface area contributed by atoms with Crippen LogP contribution >= 0.6 is 0 Å². The SMILES string of the molecule is O=C(c1ccc(OC(F)F)cc1)C(O)c1ccccc1. The second kappa shape index (κ2) is 6.25. The molecule has 5 heteroatoms. The second-order valence-corrected chi connectivity index (χ2v) is 4.08. The first kappa shape index (κ1) is 14.1. The largest absolute Gasteiger partial charge is 0.435 e. The van der Waals surface area contributed by atoms with Crippen LogP contribution in [0, 0.1) is 0 Å². The first-order valence-corrected chi connectivity index (χ1v) is 5.90. The third kappa shape index (κ3) is 3.39. The number of hydrogen-bond acceptors (Lipinski definition) is 3. The van der Waals surface area contributed by atoms with Crippen molar-refractivity contribution in [3.8, 4) is 5.75 Å². The number of carbonyl (C=O) groups is 1. The molecule has 2 aromatic rings. The molecule has 0 aromatic heterocycles. The number of hydrogen-bond donors (Lipinski definition) is 1. The quantitative estimate of drug-likeness (QED) is 0.854. The van der Waals surface area contributed by atoms with E-state index in [1.807, 2.05) is 0 Å². The van der Waals surface area contributed by atoms with E-state index in [2.05, 4.69) is 4.74 Å². The first-order valence-electron chi connectivity index (χ1n) is 5.90. The molecule has 1 atom stereocenters. The Labute approximate surface area is 114 Å². The Morgan fingerprint density at radius 3 is 2.15 bits per heavy atom. The van der Waals surface area contributed by atoms with Gasteiger partial charge in [0.1, 0.15) is 11.9 Å². The third-order valence-corrected chi connectivity index (χ3v) is 2.73. The van der Waals surface area contributed by atoms with Gasteiger partial charge in [0.15, 0.2) is 5.78 Å². The summed E-state index contributed by atoms with van der Waals surface area (Å²) in [6.07, 6.45) is -1.28. The zero-order valence-electron chi connectivity index (χ0n) is 10.4. The number of benzene rings is 2. The maximum Gasteiger partial charge on any atom is 0.387 e. The minimum atomic E-state index is -2.91. The van der Waals surface area contributed by atoms with Crippen molar-refractivity contribution in [2.24, 2.45) is 0 Å². The molecule has 0 aliphatic carbocycles. The van der Waals surface area contributed by atoms with E-state index in [1.54, 1.807) is 30.3 Å². The number of halogens is 2. The van der Waals surface area contributed by atoms with Crippen LogP contribution in [-0.2, 0) is 0 Å². The number of ether oxygens (including phenoxy) is 1. The van der Waals surface area contributed by atoms with Gasteiger partial charge in [-0.15, -0.1) is 0 Å². The van der Waals surface area contributed by atoms with Gasteiger partial charge in [-0.25, -0.2) is 0 Å². The molecule has 1 N–H and O–H groups in total. The van der Waals surface area contributed by atoms with Gasteiger partial charge in [0.25, 0.3) is 0 Å². The molecular weight excluding hydrogens is 266 g/mol. The molecule has 0 saturated carbocycles. The summed E-state index contributed by atoms with van der Waals surface area (Å²) in [4.78, 5) is 12.0. The zero-order chi connectivity index (χ0) is 14.5. The Kier molecular flexibility index (Phi) is 4.42. The predicted octanol–water partition coefficient (Wildman–Crippen LogP) is 3.20. The topological polar surface area (TPSA) is 46.5 Å². The van der Waals surface area contributed by atoms with Gasteiger partial charge in [0, 0.05) is 5.56 Å². The highest BCUT2D eigenvalue weighted by Gasteiger charge is 2.19. The molecule has 1 unspecified atom stereocenters. The van der Waals surface area contributed by atoms with Crippen molar-refractivity contribution in [2.45, 2.75) is 12.7 Å². The lowest BCUT2D eigenvalue weighted by Crippen LogP contribution is -2.12. The fraction of sp³-hybridized carbons (Fsp3) is 0.133. The highest BCUT2D eigenvalue weighted by molar-refractivity contribution is 5.99. The van der Waals surface area contributed by atoms with Crippen LogP contribution in [0.4, 0.5) is 8.78 Å². The molecule has 0 saturated heterocycles. The normalized spacial score (nSPS) is 12.2. The van der Waals surface area contributed by atoms with Gasteiger partial charge < -0.3 is 9.84 Å². The number of rotatable bonds is 5. The van der Waals surface area contributed by atoms with Crippen LogP contribution in [0.5, 0.6) is 5.75 Å². The summed E-state index contributed by atoms with van der Waals surface area (Å²) in [5, 5.41) is 9.96. The van der Waals surface area contributed by atoms with E-state index in [1.165, 1.54) is 24.3 Å². The molecule has 0 radical (unpaired) electrons. The van der Waals surface area contributed by atoms with E-state index in [-0.39, 0.29) is 11.3 Å². The van der Waals surface area contributed by atoms with Crippen LogP contribution in [0.25, 0.3) is 0 Å². The van der Waals surface area contributed by atoms with Gasteiger partial charge in [-0.1, -0.05) is 30.3 Å². The number of aliphatic hydroxyl groups excluding tert-OH is 1. The van der Waals surface area contributed by atoms with Crippen molar-refractivity contribution < 1.29 is 23.4 Å². The number of ketones is 1. The second-order valence-electron chi connectivity index (χ2n) is 4.08. The first-order chi connectivity index (χ1) is 9.58. The molecule has 0 bridgehead atoms. The Balaban J connectivity index is 2.13. The van der Waals surface area contributed by atoms with Crippen LogP contribution in [0.1, 0.15) is 22.0 Å². The van der Waals surface area contributed by atoms with Gasteiger partial charge in [-0.05, 0) is 29.8 Å². The molecule has 0 aliphatic rings. The smallest absolute Gasteiger partial charge is 0.387 e. The molecule has 0 spiro atoms. The van der Waals surface area contributed by atoms with Gasteiger partial charge in [-0.2, -0.15) is 8.78 Å². The van der Waals surface area contributed by atoms with Gasteiger partial charge in [0.2, 0.25) is 0 Å². The van der Waals surface area contributed by atoms with Crippen LogP contribution in [0.2, 0.25) is 0 Å². The van der Waals surface area contributed by atoms with E-state index < -0.39 is 18.5 Å². The average molecular weight is 278 g/mol. The highest BCUT2D eigenvalue weighted by atomic mass is 19.3. The lowest BCUT2D eigenvalue weighted by molar-refractivity contribution is -0.0498. The van der Waals surface area contributed by atoms with Crippen molar-refractivity contribution >= 4 is 5.78 Å². The Morgan fingerprint density at radius 2 is 1.60 bits per heavy atom. The maximum absolute atomic E-state index is 12.0. The number of carbonyl (C=O) groups excluding carboxylic acids is 1. The van der Waals surface area contributed by atoms with Crippen molar-refractivity contribution in [2.75, 3.05) is 0 Å². The van der Waals surface area contributed by atoms with Crippen molar-refractivity contribution in [1.82, 2.24) is 0 Å². The number of Topliss-reactive ketones (excluding diaryl/α,β-unsaturated/α-hetero) is 1. The van der Waals surface area contributed by atoms with Crippen LogP contribution in [0.15, 0.2) is 54.6 Å². The Bertz CT molecular complexity index is 567. The zero-order valence-corrected chi connectivity index (χ0v) is 10.4. The molecule has 0 amide bonds. The summed E-state index contributed by atoms with van der Waals surface area (Å²) < 4.78 is 28.2. The van der Waals surface area contributed by atoms with E-state index in [9.17, 15) is 18.7 Å². The standard InChI is InChI=1S/C15H12F2O3/c16-15(17)20-12-8-6-11(7-9-12)14(19)13(18)10-4-2-1-3-5-10/h1-9,13,15,18H.